The molecule has 0 N–H and O–H groups in total. The van der Waals surface area contributed by atoms with Crippen LogP contribution in [0.4, 0.5) is 17.6 Å². The van der Waals surface area contributed by atoms with E-state index in [1.807, 2.05) is 0 Å². The summed E-state index contributed by atoms with van der Waals surface area (Å²) in [6, 6.07) is 2.27. The smallest absolute Gasteiger partial charge is 0.290 e. The Balaban J connectivity index is 1.50. The molecule has 1 aromatic rings. The van der Waals surface area contributed by atoms with Crippen LogP contribution in [0, 0.1) is 11.6 Å². The molecule has 4 nitrogen and oxygen atoms in total. The molecular weight excluding hydrogens is 432 g/mol. The summed E-state index contributed by atoms with van der Waals surface area (Å²) >= 11 is 3.00. The number of morpholine rings is 1. The second-order valence-corrected chi connectivity index (χ2v) is 8.46. The molecule has 27 heavy (non-hydrogen) atoms. The van der Waals surface area contributed by atoms with Crippen LogP contribution in [0.5, 0.6) is 0 Å². The molecule has 2 aliphatic heterocycles. The molecular formula is C18H19BrF4N2O2. The molecule has 0 aromatic heterocycles. The summed E-state index contributed by atoms with van der Waals surface area (Å²) in [5.74, 6) is -5.03. The largest absolute Gasteiger partial charge is 0.357 e. The molecule has 1 unspecified atom stereocenters. The van der Waals surface area contributed by atoms with Crippen molar-refractivity contribution in [3.63, 3.8) is 0 Å². The van der Waals surface area contributed by atoms with Gasteiger partial charge in [0.05, 0.1) is 13.1 Å². The average molecular weight is 451 g/mol. The first-order valence-electron chi connectivity index (χ1n) is 8.88. The molecule has 1 atom stereocenters. The van der Waals surface area contributed by atoms with Crippen LogP contribution in [0.3, 0.4) is 0 Å². The lowest BCUT2D eigenvalue weighted by Gasteiger charge is -2.51. The van der Waals surface area contributed by atoms with Gasteiger partial charge in [-0.2, -0.15) is 0 Å². The van der Waals surface area contributed by atoms with Gasteiger partial charge in [0.2, 0.25) is 5.91 Å². The molecule has 148 valence electrons. The highest BCUT2D eigenvalue weighted by Crippen LogP contribution is 2.44. The van der Waals surface area contributed by atoms with Gasteiger partial charge in [-0.05, 0) is 31.4 Å². The number of hydrogen-bond donors (Lipinski definition) is 0. The minimum atomic E-state index is -3.23. The normalized spacial score (nSPS) is 28.8. The van der Waals surface area contributed by atoms with Crippen molar-refractivity contribution in [2.24, 2.45) is 0 Å². The van der Waals surface area contributed by atoms with Crippen LogP contribution in [-0.2, 0) is 16.1 Å². The molecule has 0 bridgehead atoms. The summed E-state index contributed by atoms with van der Waals surface area (Å²) < 4.78 is 63.8. The van der Waals surface area contributed by atoms with Gasteiger partial charge in [-0.25, -0.2) is 17.6 Å². The third-order valence-corrected chi connectivity index (χ3v) is 6.07. The number of halogens is 5. The first-order chi connectivity index (χ1) is 12.7. The lowest BCUT2D eigenvalue weighted by atomic mass is 9.85. The third kappa shape index (κ3) is 3.49. The summed E-state index contributed by atoms with van der Waals surface area (Å²) in [5.41, 5.74) is -1.96. The number of carbonyl (C=O) groups excluding carboxylic acids is 1. The van der Waals surface area contributed by atoms with Crippen LogP contribution in [0.15, 0.2) is 16.6 Å². The summed E-state index contributed by atoms with van der Waals surface area (Å²) in [5, 5.41) is 0. The molecule has 2 heterocycles. The highest BCUT2D eigenvalue weighted by molar-refractivity contribution is 9.10. The minimum absolute atomic E-state index is 0.00370. The minimum Gasteiger partial charge on any atom is -0.357 e. The van der Waals surface area contributed by atoms with Gasteiger partial charge in [0.15, 0.2) is 5.60 Å². The fraction of sp³-hybridized carbons (Fsp3) is 0.611. The van der Waals surface area contributed by atoms with E-state index >= 15 is 8.78 Å². The molecule has 9 heteroatoms. The van der Waals surface area contributed by atoms with E-state index in [9.17, 15) is 13.6 Å². The first-order valence-corrected chi connectivity index (χ1v) is 9.67. The number of likely N-dealkylation sites (tertiary alicyclic amines) is 1. The Hall–Kier alpha value is -1.19. The van der Waals surface area contributed by atoms with Crippen LogP contribution in [0.2, 0.25) is 0 Å². The van der Waals surface area contributed by atoms with Crippen LogP contribution in [-0.4, -0.2) is 59.5 Å². The predicted octanol–water partition coefficient (Wildman–Crippen LogP) is 3.33. The van der Waals surface area contributed by atoms with E-state index in [0.717, 1.165) is 25.0 Å². The maximum atomic E-state index is 15.0. The van der Waals surface area contributed by atoms with Crippen molar-refractivity contribution < 1.29 is 27.1 Å². The molecule has 2 saturated heterocycles. The van der Waals surface area contributed by atoms with E-state index in [1.165, 1.54) is 9.80 Å². The summed E-state index contributed by atoms with van der Waals surface area (Å²) in [4.78, 5) is 14.8. The lowest BCUT2D eigenvalue weighted by molar-refractivity contribution is -0.258. The maximum Gasteiger partial charge on any atom is 0.290 e. The second kappa shape index (κ2) is 6.70. The molecule has 0 radical (unpaired) electrons. The average Bonchev–Trinajstić information content (AvgIpc) is 3.40. The lowest BCUT2D eigenvalue weighted by Crippen LogP contribution is -2.69. The highest BCUT2D eigenvalue weighted by atomic mass is 79.9. The predicted molar refractivity (Wildman–Crippen MR) is 92.3 cm³/mol. The van der Waals surface area contributed by atoms with Gasteiger partial charge in [-0.15, -0.1) is 0 Å². The standard InChI is InChI=1S/C18H19BrF4N2O2/c19-11-5-14(20)13(15(21)6-11)7-24-4-3-17(18(22,23)10-24)9-25(12-1-2-12)16(26)8-27-17/h5-6,12H,1-4,7-10H2. The van der Waals surface area contributed by atoms with E-state index < -0.39 is 29.7 Å². The number of ether oxygens (including phenoxy) is 1. The Morgan fingerprint density at radius 1 is 1.19 bits per heavy atom. The van der Waals surface area contributed by atoms with Crippen molar-refractivity contribution in [1.82, 2.24) is 9.80 Å². The Labute approximate surface area is 162 Å². The van der Waals surface area contributed by atoms with Crippen molar-refractivity contribution in [2.45, 2.75) is 43.4 Å². The van der Waals surface area contributed by atoms with E-state index in [0.29, 0.717) is 0 Å². The number of nitrogens with zero attached hydrogens (tertiary/aromatic N) is 2. The Kier molecular flexibility index (Phi) is 4.75. The molecule has 3 aliphatic rings. The van der Waals surface area contributed by atoms with Gasteiger partial charge in [-0.1, -0.05) is 15.9 Å². The topological polar surface area (TPSA) is 32.8 Å². The number of rotatable bonds is 3. The third-order valence-electron chi connectivity index (χ3n) is 5.61. The van der Waals surface area contributed by atoms with Crippen molar-refractivity contribution in [1.29, 1.82) is 0 Å². The van der Waals surface area contributed by atoms with Gasteiger partial charge in [-0.3, -0.25) is 9.69 Å². The van der Waals surface area contributed by atoms with Gasteiger partial charge < -0.3 is 9.64 Å². The number of piperidine rings is 1. The molecule has 1 amide bonds. The summed E-state index contributed by atoms with van der Waals surface area (Å²) in [6.07, 6.45) is 1.67. The van der Waals surface area contributed by atoms with Crippen molar-refractivity contribution in [3.05, 3.63) is 33.8 Å². The molecule has 1 spiro atoms. The van der Waals surface area contributed by atoms with Gasteiger partial charge >= 0.3 is 0 Å². The summed E-state index contributed by atoms with van der Waals surface area (Å²) in [7, 11) is 0. The van der Waals surface area contributed by atoms with Gasteiger partial charge in [0.1, 0.15) is 18.2 Å². The van der Waals surface area contributed by atoms with Crippen molar-refractivity contribution >= 4 is 21.8 Å². The van der Waals surface area contributed by atoms with E-state index in [4.69, 9.17) is 4.74 Å². The Morgan fingerprint density at radius 2 is 1.85 bits per heavy atom. The monoisotopic (exact) mass is 450 g/mol. The van der Waals surface area contributed by atoms with Crippen LogP contribution >= 0.6 is 15.9 Å². The van der Waals surface area contributed by atoms with E-state index in [2.05, 4.69) is 15.9 Å². The molecule has 1 aliphatic carbocycles. The Bertz CT molecular complexity index is 751. The van der Waals surface area contributed by atoms with Crippen LogP contribution in [0.1, 0.15) is 24.8 Å². The zero-order valence-corrected chi connectivity index (χ0v) is 16.1. The number of alkyl halides is 2. The van der Waals surface area contributed by atoms with E-state index in [-0.39, 0.29) is 54.6 Å². The summed E-state index contributed by atoms with van der Waals surface area (Å²) in [6.45, 7) is -1.19. The number of hydrogen-bond acceptors (Lipinski definition) is 3. The second-order valence-electron chi connectivity index (χ2n) is 7.55. The zero-order chi connectivity index (χ0) is 19.4. The zero-order valence-electron chi connectivity index (χ0n) is 14.5. The van der Waals surface area contributed by atoms with Crippen LogP contribution < -0.4 is 0 Å². The van der Waals surface area contributed by atoms with E-state index in [1.54, 1.807) is 0 Å². The number of carbonyl (C=O) groups is 1. The molecule has 1 saturated carbocycles. The fourth-order valence-electron chi connectivity index (χ4n) is 3.89. The molecule has 4 rings (SSSR count). The van der Waals surface area contributed by atoms with Crippen molar-refractivity contribution in [3.8, 4) is 0 Å². The molecule has 3 fully saturated rings. The first kappa shape index (κ1) is 19.1. The Morgan fingerprint density at radius 3 is 2.44 bits per heavy atom. The molecule has 1 aromatic carbocycles. The fourth-order valence-corrected chi connectivity index (χ4v) is 4.29. The van der Waals surface area contributed by atoms with Crippen LogP contribution in [0.25, 0.3) is 0 Å². The van der Waals surface area contributed by atoms with Gasteiger partial charge in [0.25, 0.3) is 5.92 Å². The SMILES string of the molecule is O=C1COC2(CCN(Cc3c(F)cc(Br)cc3F)CC2(F)F)CN1C1CC1. The maximum absolute atomic E-state index is 15.0. The van der Waals surface area contributed by atoms with Gasteiger partial charge in [0, 0.05) is 29.2 Å². The number of benzene rings is 1. The quantitative estimate of drug-likeness (QED) is 0.662. The van der Waals surface area contributed by atoms with Crippen molar-refractivity contribution in [2.75, 3.05) is 26.2 Å². The number of amides is 1. The highest BCUT2D eigenvalue weighted by Gasteiger charge is 2.61.